The number of alkyl halides is 2. The van der Waals surface area contributed by atoms with Crippen LogP contribution in [0, 0.1) is 5.82 Å². The van der Waals surface area contributed by atoms with E-state index in [4.69, 9.17) is 9.47 Å². The van der Waals surface area contributed by atoms with Crippen molar-refractivity contribution in [1.82, 2.24) is 0 Å². The Morgan fingerprint density at radius 3 is 2.33 bits per heavy atom. The summed E-state index contributed by atoms with van der Waals surface area (Å²) in [5, 5.41) is 0.658. The van der Waals surface area contributed by atoms with E-state index in [9.17, 15) is 8.78 Å². The van der Waals surface area contributed by atoms with Gasteiger partial charge in [-0.1, -0.05) is 36.9 Å². The Balaban J connectivity index is 2.05. The van der Waals surface area contributed by atoms with E-state index in [1.807, 2.05) is 19.1 Å². The van der Waals surface area contributed by atoms with Crippen LogP contribution in [-0.2, 0) is 0 Å². The topological polar surface area (TPSA) is 27.7 Å². The summed E-state index contributed by atoms with van der Waals surface area (Å²) in [6.45, 7) is 3.03. The Morgan fingerprint density at radius 2 is 1.67 bits per heavy atom. The molecule has 0 unspecified atom stereocenters. The van der Waals surface area contributed by atoms with E-state index < -0.39 is 12.4 Å². The lowest BCUT2D eigenvalue weighted by molar-refractivity contribution is -0.0494. The second kappa shape index (κ2) is 9.87. The summed E-state index contributed by atoms with van der Waals surface area (Å²) in [6, 6.07) is 12.6. The number of allylic oxidation sites excluding steroid dienone is 1. The van der Waals surface area contributed by atoms with E-state index in [1.165, 1.54) is 6.07 Å². The van der Waals surface area contributed by atoms with E-state index in [-0.39, 0.29) is 23.3 Å². The first-order valence-electron chi connectivity index (χ1n) is 9.32. The van der Waals surface area contributed by atoms with Gasteiger partial charge in [-0.25, -0.2) is 4.39 Å². The van der Waals surface area contributed by atoms with Gasteiger partial charge in [0, 0.05) is 5.39 Å². The number of hydrogen-bond acceptors (Lipinski definition) is 3. The number of benzene rings is 3. The van der Waals surface area contributed by atoms with E-state index >= 15 is 4.39 Å². The molecule has 0 atom stereocenters. The average Bonchev–Trinajstić information content (AvgIpc) is 2.73. The van der Waals surface area contributed by atoms with Crippen LogP contribution in [0.25, 0.3) is 21.9 Å². The SMILES string of the molecule is C=CCOc1ccc2c(F)c(-c3ccc(OCC=CC)cc3)c(OC(F)F)cc2c1. The van der Waals surface area contributed by atoms with Crippen LogP contribution in [-0.4, -0.2) is 19.8 Å². The minimum absolute atomic E-state index is 0.0393. The number of rotatable bonds is 9. The maximum atomic E-state index is 15.4. The van der Waals surface area contributed by atoms with Crippen LogP contribution in [0.4, 0.5) is 13.2 Å². The van der Waals surface area contributed by atoms with Crippen molar-refractivity contribution in [3.63, 3.8) is 0 Å². The molecule has 0 saturated heterocycles. The number of hydrogen-bond donors (Lipinski definition) is 0. The van der Waals surface area contributed by atoms with Crippen molar-refractivity contribution >= 4 is 10.8 Å². The van der Waals surface area contributed by atoms with Crippen LogP contribution in [0.2, 0.25) is 0 Å². The molecule has 0 aliphatic carbocycles. The van der Waals surface area contributed by atoms with Crippen LogP contribution >= 0.6 is 0 Å². The average molecular weight is 414 g/mol. The minimum Gasteiger partial charge on any atom is -0.490 e. The van der Waals surface area contributed by atoms with Gasteiger partial charge < -0.3 is 14.2 Å². The second-order valence-electron chi connectivity index (χ2n) is 6.33. The second-order valence-corrected chi connectivity index (χ2v) is 6.33. The fourth-order valence-electron chi connectivity index (χ4n) is 2.98. The lowest BCUT2D eigenvalue weighted by Crippen LogP contribution is -2.05. The summed E-state index contributed by atoms with van der Waals surface area (Å²) < 4.78 is 57.0. The molecule has 3 aromatic rings. The van der Waals surface area contributed by atoms with E-state index in [1.54, 1.807) is 48.5 Å². The predicted octanol–water partition coefficient (Wildman–Crippen LogP) is 6.77. The molecule has 0 amide bonds. The molecule has 3 aromatic carbocycles. The largest absolute Gasteiger partial charge is 0.490 e. The van der Waals surface area contributed by atoms with Gasteiger partial charge in [0.15, 0.2) is 0 Å². The Kier molecular flexibility index (Phi) is 7.01. The van der Waals surface area contributed by atoms with Crippen molar-refractivity contribution < 1.29 is 27.4 Å². The van der Waals surface area contributed by atoms with Gasteiger partial charge in [-0.2, -0.15) is 8.78 Å². The third-order valence-electron chi connectivity index (χ3n) is 4.32. The van der Waals surface area contributed by atoms with Crippen LogP contribution in [0.3, 0.4) is 0 Å². The lowest BCUT2D eigenvalue weighted by Gasteiger charge is -2.15. The van der Waals surface area contributed by atoms with Crippen molar-refractivity contribution in [2.24, 2.45) is 0 Å². The first-order chi connectivity index (χ1) is 14.5. The first-order valence-corrected chi connectivity index (χ1v) is 9.32. The quantitative estimate of drug-likeness (QED) is 0.362. The predicted molar refractivity (Wildman–Crippen MR) is 112 cm³/mol. The molecular weight excluding hydrogens is 393 g/mol. The van der Waals surface area contributed by atoms with E-state index in [0.29, 0.717) is 29.1 Å². The summed E-state index contributed by atoms with van der Waals surface area (Å²) in [5.74, 6) is 0.151. The highest BCUT2D eigenvalue weighted by Gasteiger charge is 2.19. The third kappa shape index (κ3) is 4.95. The van der Waals surface area contributed by atoms with Crippen molar-refractivity contribution in [3.05, 3.63) is 79.2 Å². The van der Waals surface area contributed by atoms with Crippen molar-refractivity contribution in [3.8, 4) is 28.4 Å². The number of ether oxygens (including phenoxy) is 3. The Hall–Kier alpha value is -3.41. The Bertz CT molecular complexity index is 1040. The highest BCUT2D eigenvalue weighted by molar-refractivity contribution is 5.92. The van der Waals surface area contributed by atoms with Crippen LogP contribution in [0.1, 0.15) is 6.92 Å². The van der Waals surface area contributed by atoms with Crippen LogP contribution in [0.5, 0.6) is 17.2 Å². The molecule has 156 valence electrons. The van der Waals surface area contributed by atoms with Crippen LogP contribution in [0.15, 0.2) is 73.3 Å². The maximum Gasteiger partial charge on any atom is 0.387 e. The molecule has 6 heteroatoms. The summed E-state index contributed by atoms with van der Waals surface area (Å²) in [4.78, 5) is 0. The van der Waals surface area contributed by atoms with Crippen molar-refractivity contribution in [1.29, 1.82) is 0 Å². The fourth-order valence-corrected chi connectivity index (χ4v) is 2.98. The molecule has 0 fully saturated rings. The summed E-state index contributed by atoms with van der Waals surface area (Å²) >= 11 is 0. The summed E-state index contributed by atoms with van der Waals surface area (Å²) in [5.41, 5.74) is 0.359. The highest BCUT2D eigenvalue weighted by atomic mass is 19.3. The molecule has 0 aliphatic heterocycles. The molecule has 0 saturated carbocycles. The molecule has 30 heavy (non-hydrogen) atoms. The molecule has 0 N–H and O–H groups in total. The normalized spacial score (nSPS) is 11.2. The zero-order valence-corrected chi connectivity index (χ0v) is 16.4. The zero-order valence-electron chi connectivity index (χ0n) is 16.4. The number of fused-ring (bicyclic) bond motifs is 1. The van der Waals surface area contributed by atoms with Gasteiger partial charge in [0.25, 0.3) is 0 Å². The van der Waals surface area contributed by atoms with Crippen LogP contribution < -0.4 is 14.2 Å². The maximum absolute atomic E-state index is 15.4. The van der Waals surface area contributed by atoms with Crippen molar-refractivity contribution in [2.75, 3.05) is 13.2 Å². The monoisotopic (exact) mass is 414 g/mol. The lowest BCUT2D eigenvalue weighted by atomic mass is 9.98. The molecule has 3 rings (SSSR count). The van der Waals surface area contributed by atoms with Gasteiger partial charge in [-0.15, -0.1) is 0 Å². The molecular formula is C24H21F3O3. The van der Waals surface area contributed by atoms with Gasteiger partial charge in [0.1, 0.15) is 36.3 Å². The Labute approximate surface area is 173 Å². The van der Waals surface area contributed by atoms with Gasteiger partial charge in [0.05, 0.1) is 5.56 Å². The first kappa shape index (κ1) is 21.3. The fraction of sp³-hybridized carbons (Fsp3) is 0.167. The molecule has 0 bridgehead atoms. The van der Waals surface area contributed by atoms with Gasteiger partial charge in [0.2, 0.25) is 0 Å². The summed E-state index contributed by atoms with van der Waals surface area (Å²) in [6.07, 6.45) is 5.28. The van der Waals surface area contributed by atoms with Gasteiger partial charge in [-0.05, 0) is 54.3 Å². The smallest absolute Gasteiger partial charge is 0.387 e. The molecule has 3 nitrogen and oxygen atoms in total. The van der Waals surface area contributed by atoms with E-state index in [0.717, 1.165) is 0 Å². The molecule has 0 radical (unpaired) electrons. The molecule has 0 aromatic heterocycles. The molecule has 0 spiro atoms. The van der Waals surface area contributed by atoms with E-state index in [2.05, 4.69) is 11.3 Å². The molecule has 0 aliphatic rings. The standard InChI is InChI=1S/C24H21F3O3/c1-3-5-13-29-18-8-6-16(7-9-18)22-21(30-24(26)27)15-17-14-19(28-12-4-2)10-11-20(17)23(22)25/h3-11,14-15,24H,2,12-13H2,1H3. The minimum atomic E-state index is -3.09. The molecule has 0 heterocycles. The van der Waals surface area contributed by atoms with Gasteiger partial charge in [-0.3, -0.25) is 0 Å². The number of halogens is 3. The third-order valence-corrected chi connectivity index (χ3v) is 4.32. The zero-order chi connectivity index (χ0) is 21.5. The highest BCUT2D eigenvalue weighted by Crippen LogP contribution is 2.40. The van der Waals surface area contributed by atoms with Gasteiger partial charge >= 0.3 is 6.61 Å². The van der Waals surface area contributed by atoms with Crippen molar-refractivity contribution in [2.45, 2.75) is 13.5 Å². The Morgan fingerprint density at radius 1 is 0.967 bits per heavy atom. The summed E-state index contributed by atoms with van der Waals surface area (Å²) in [7, 11) is 0.